The van der Waals surface area contributed by atoms with Gasteiger partial charge in [-0.1, -0.05) is 66.7 Å². The Hall–Kier alpha value is -2.87. The molecule has 1 heterocycles. The molecule has 0 saturated carbocycles. The molecule has 5 rings (SSSR count). The number of carbonyl (C=O) groups excluding carboxylic acids is 1. The van der Waals surface area contributed by atoms with E-state index in [1.165, 1.54) is 0 Å². The quantitative estimate of drug-likeness (QED) is 0.459. The Morgan fingerprint density at radius 1 is 0.864 bits per heavy atom. The first-order chi connectivity index (χ1) is 10.8. The summed E-state index contributed by atoms with van der Waals surface area (Å²) in [5.74, 6) is 0.463. The SMILES string of the molecule is O=C1Oc2ccc3ccccc3c2[C@@]12C=Cc1ccccc12. The molecule has 0 aromatic heterocycles. The van der Waals surface area contributed by atoms with E-state index >= 15 is 0 Å². The summed E-state index contributed by atoms with van der Waals surface area (Å²) in [6.07, 6.45) is 4.01. The Morgan fingerprint density at radius 3 is 2.64 bits per heavy atom. The Balaban J connectivity index is 1.95. The lowest BCUT2D eigenvalue weighted by molar-refractivity contribution is -0.135. The first-order valence-electron chi connectivity index (χ1n) is 7.34. The molecule has 2 nitrogen and oxygen atoms in total. The molecule has 0 N–H and O–H groups in total. The number of carbonyl (C=O) groups is 1. The van der Waals surface area contributed by atoms with Crippen LogP contribution in [0.25, 0.3) is 16.8 Å². The van der Waals surface area contributed by atoms with Gasteiger partial charge in [-0.25, -0.2) is 4.79 Å². The van der Waals surface area contributed by atoms with Gasteiger partial charge in [-0.15, -0.1) is 0 Å². The third-order valence-electron chi connectivity index (χ3n) is 4.71. The molecular formula is C20H12O2. The van der Waals surface area contributed by atoms with E-state index in [1.54, 1.807) is 0 Å². The first kappa shape index (κ1) is 11.8. The van der Waals surface area contributed by atoms with Gasteiger partial charge < -0.3 is 4.74 Å². The van der Waals surface area contributed by atoms with Crippen LogP contribution in [0.4, 0.5) is 0 Å². The van der Waals surface area contributed by atoms with Crippen molar-refractivity contribution >= 4 is 22.8 Å². The van der Waals surface area contributed by atoms with Crippen LogP contribution in [-0.4, -0.2) is 5.97 Å². The van der Waals surface area contributed by atoms with Crippen molar-refractivity contribution in [1.29, 1.82) is 0 Å². The molecule has 1 aliphatic heterocycles. The van der Waals surface area contributed by atoms with Gasteiger partial charge in [-0.3, -0.25) is 0 Å². The maximum Gasteiger partial charge on any atom is 0.330 e. The van der Waals surface area contributed by atoms with Crippen LogP contribution < -0.4 is 4.74 Å². The van der Waals surface area contributed by atoms with Gasteiger partial charge in [0.25, 0.3) is 0 Å². The molecule has 1 spiro atoms. The fourth-order valence-electron chi connectivity index (χ4n) is 3.73. The lowest BCUT2D eigenvalue weighted by Crippen LogP contribution is -2.31. The smallest absolute Gasteiger partial charge is 0.330 e. The molecule has 0 saturated heterocycles. The van der Waals surface area contributed by atoms with Gasteiger partial charge in [0.05, 0.1) is 0 Å². The lowest BCUT2D eigenvalue weighted by atomic mass is 9.75. The molecule has 0 radical (unpaired) electrons. The minimum atomic E-state index is -0.799. The topological polar surface area (TPSA) is 26.3 Å². The van der Waals surface area contributed by atoms with Crippen molar-refractivity contribution in [3.63, 3.8) is 0 Å². The fourth-order valence-corrected chi connectivity index (χ4v) is 3.73. The second-order valence-corrected chi connectivity index (χ2v) is 5.78. The number of esters is 1. The second-order valence-electron chi connectivity index (χ2n) is 5.78. The van der Waals surface area contributed by atoms with Crippen molar-refractivity contribution in [2.75, 3.05) is 0 Å². The van der Waals surface area contributed by atoms with E-state index in [2.05, 4.69) is 12.1 Å². The number of benzene rings is 3. The summed E-state index contributed by atoms with van der Waals surface area (Å²) in [5.41, 5.74) is 2.26. The molecule has 3 aromatic rings. The maximum atomic E-state index is 12.8. The van der Waals surface area contributed by atoms with Crippen molar-refractivity contribution in [2.45, 2.75) is 5.41 Å². The predicted octanol–water partition coefficient (Wildman–Crippen LogP) is 4.07. The first-order valence-corrected chi connectivity index (χ1v) is 7.34. The van der Waals surface area contributed by atoms with Crippen LogP contribution in [0.3, 0.4) is 0 Å². The van der Waals surface area contributed by atoms with Crippen molar-refractivity contribution in [3.05, 3.63) is 83.4 Å². The normalized spacial score (nSPS) is 21.2. The highest BCUT2D eigenvalue weighted by Gasteiger charge is 2.52. The fraction of sp³-hybridized carbons (Fsp3) is 0.0500. The van der Waals surface area contributed by atoms with E-state index in [1.807, 2.05) is 60.7 Å². The third-order valence-corrected chi connectivity index (χ3v) is 4.71. The van der Waals surface area contributed by atoms with E-state index in [-0.39, 0.29) is 5.97 Å². The Kier molecular flexibility index (Phi) is 2.06. The van der Waals surface area contributed by atoms with E-state index in [0.717, 1.165) is 27.5 Å². The zero-order chi connectivity index (χ0) is 14.7. The Labute approximate surface area is 127 Å². The van der Waals surface area contributed by atoms with Gasteiger partial charge in [-0.2, -0.15) is 0 Å². The van der Waals surface area contributed by atoms with Gasteiger partial charge in [0.1, 0.15) is 11.2 Å². The lowest BCUT2D eigenvalue weighted by Gasteiger charge is -2.21. The number of hydrogen-bond donors (Lipinski definition) is 0. The molecule has 0 unspecified atom stereocenters. The standard InChI is InChI=1S/C20H12O2/c21-19-20(12-11-14-6-2-4-8-16(14)20)18-15-7-3-1-5-13(15)9-10-17(18)22-19/h1-12H/t20-/m0/s1. The molecule has 104 valence electrons. The zero-order valence-corrected chi connectivity index (χ0v) is 11.7. The highest BCUT2D eigenvalue weighted by molar-refractivity contribution is 6.06. The second kappa shape index (κ2) is 3.86. The molecule has 0 bridgehead atoms. The zero-order valence-electron chi connectivity index (χ0n) is 11.7. The molecular weight excluding hydrogens is 272 g/mol. The largest absolute Gasteiger partial charge is 0.425 e. The van der Waals surface area contributed by atoms with E-state index in [0.29, 0.717) is 5.75 Å². The molecule has 1 atom stereocenters. The van der Waals surface area contributed by atoms with Crippen LogP contribution in [0, 0.1) is 0 Å². The number of ether oxygens (including phenoxy) is 1. The van der Waals surface area contributed by atoms with Crippen molar-refractivity contribution in [1.82, 2.24) is 0 Å². The summed E-state index contributed by atoms with van der Waals surface area (Å²) in [7, 11) is 0. The monoisotopic (exact) mass is 284 g/mol. The van der Waals surface area contributed by atoms with Crippen molar-refractivity contribution < 1.29 is 9.53 Å². The highest BCUT2D eigenvalue weighted by Crippen LogP contribution is 2.52. The average molecular weight is 284 g/mol. The van der Waals surface area contributed by atoms with E-state index in [9.17, 15) is 4.79 Å². The number of hydrogen-bond acceptors (Lipinski definition) is 2. The van der Waals surface area contributed by atoms with Crippen LogP contribution in [0.15, 0.2) is 66.7 Å². The van der Waals surface area contributed by atoms with Crippen LogP contribution in [0.1, 0.15) is 16.7 Å². The molecule has 1 aliphatic carbocycles. The van der Waals surface area contributed by atoms with Crippen LogP contribution in [-0.2, 0) is 10.2 Å². The Morgan fingerprint density at radius 2 is 1.68 bits per heavy atom. The minimum Gasteiger partial charge on any atom is -0.425 e. The molecule has 2 heteroatoms. The summed E-state index contributed by atoms with van der Waals surface area (Å²) < 4.78 is 5.62. The van der Waals surface area contributed by atoms with E-state index in [4.69, 9.17) is 4.74 Å². The highest BCUT2D eigenvalue weighted by atomic mass is 16.5. The Bertz CT molecular complexity index is 984. The molecule has 0 amide bonds. The predicted molar refractivity (Wildman–Crippen MR) is 85.8 cm³/mol. The summed E-state index contributed by atoms with van der Waals surface area (Å²) in [5, 5.41) is 2.20. The van der Waals surface area contributed by atoms with Crippen LogP contribution >= 0.6 is 0 Å². The van der Waals surface area contributed by atoms with Gasteiger partial charge >= 0.3 is 5.97 Å². The van der Waals surface area contributed by atoms with Gasteiger partial charge in [0.15, 0.2) is 0 Å². The van der Waals surface area contributed by atoms with Gasteiger partial charge in [-0.05, 0) is 28.0 Å². The van der Waals surface area contributed by atoms with Crippen LogP contribution in [0.5, 0.6) is 5.75 Å². The summed E-state index contributed by atoms with van der Waals surface area (Å²) in [4.78, 5) is 12.8. The van der Waals surface area contributed by atoms with Crippen LogP contribution in [0.2, 0.25) is 0 Å². The van der Waals surface area contributed by atoms with Crippen molar-refractivity contribution in [2.24, 2.45) is 0 Å². The van der Waals surface area contributed by atoms with Gasteiger partial charge in [0, 0.05) is 5.56 Å². The number of fused-ring (bicyclic) bond motifs is 6. The third kappa shape index (κ3) is 1.23. The van der Waals surface area contributed by atoms with Crippen molar-refractivity contribution in [3.8, 4) is 5.75 Å². The molecule has 2 aliphatic rings. The summed E-state index contributed by atoms with van der Waals surface area (Å²) in [6, 6.07) is 20.1. The molecule has 3 aromatic carbocycles. The average Bonchev–Trinajstić information content (AvgIpc) is 3.08. The molecule has 22 heavy (non-hydrogen) atoms. The molecule has 0 fully saturated rings. The van der Waals surface area contributed by atoms with Gasteiger partial charge in [0.2, 0.25) is 0 Å². The summed E-state index contributed by atoms with van der Waals surface area (Å²) >= 11 is 0. The number of rotatable bonds is 0. The summed E-state index contributed by atoms with van der Waals surface area (Å²) in [6.45, 7) is 0. The maximum absolute atomic E-state index is 12.8. The minimum absolute atomic E-state index is 0.208. The van der Waals surface area contributed by atoms with E-state index < -0.39 is 5.41 Å².